The second kappa shape index (κ2) is 10.3. The first kappa shape index (κ1) is 23.2. The average molecular weight is 470 g/mol. The fraction of sp³-hybridized carbons (Fsp3) is 0.0800. The molecule has 176 valence electrons. The highest BCUT2D eigenvalue weighted by Gasteiger charge is 2.26. The van der Waals surface area contributed by atoms with Crippen molar-refractivity contribution < 1.29 is 14.3 Å². The number of pyridine rings is 1. The summed E-state index contributed by atoms with van der Waals surface area (Å²) in [5, 5.41) is 10.5. The van der Waals surface area contributed by atoms with Crippen molar-refractivity contribution in [3.8, 4) is 5.75 Å². The summed E-state index contributed by atoms with van der Waals surface area (Å²) in [5.74, 6) is -0.174. The number of carbonyl (C=O) groups is 1. The fourth-order valence-corrected chi connectivity index (χ4v) is 3.43. The minimum atomic E-state index is -1.23. The molecular formula is C25H23N7O3. The van der Waals surface area contributed by atoms with Crippen molar-refractivity contribution in [2.24, 2.45) is 21.5 Å². The lowest BCUT2D eigenvalue weighted by molar-refractivity contribution is -0.117. The first-order chi connectivity index (χ1) is 17.0. The number of fused-ring (bicyclic) bond motifs is 1. The summed E-state index contributed by atoms with van der Waals surface area (Å²) in [6, 6.07) is 19.6. The number of para-hydroxylation sites is 1. The van der Waals surface area contributed by atoms with E-state index in [-0.39, 0.29) is 11.5 Å². The maximum Gasteiger partial charge on any atom is 0.291 e. The van der Waals surface area contributed by atoms with Gasteiger partial charge in [-0.1, -0.05) is 48.5 Å². The number of ether oxygens (including phenoxy) is 2. The predicted molar refractivity (Wildman–Crippen MR) is 134 cm³/mol. The highest BCUT2D eigenvalue weighted by atomic mass is 16.5. The third kappa shape index (κ3) is 5.17. The smallest absolute Gasteiger partial charge is 0.291 e. The van der Waals surface area contributed by atoms with Gasteiger partial charge in [-0.3, -0.25) is 9.78 Å². The number of amides is 1. The third-order valence-electron chi connectivity index (χ3n) is 5.09. The van der Waals surface area contributed by atoms with Crippen LogP contribution in [0.15, 0.2) is 88.8 Å². The van der Waals surface area contributed by atoms with Crippen LogP contribution in [-0.2, 0) is 9.53 Å². The molecule has 4 rings (SSSR count). The molecule has 6 N–H and O–H groups in total. The Balaban J connectivity index is 1.69. The predicted octanol–water partition coefficient (Wildman–Crippen LogP) is 2.51. The number of aromatic nitrogens is 1. The van der Waals surface area contributed by atoms with Gasteiger partial charge >= 0.3 is 0 Å². The summed E-state index contributed by atoms with van der Waals surface area (Å²) >= 11 is 0. The molecule has 1 amide bonds. The number of anilines is 1. The van der Waals surface area contributed by atoms with Gasteiger partial charge in [0.15, 0.2) is 0 Å². The number of hydrogen-bond acceptors (Lipinski definition) is 8. The summed E-state index contributed by atoms with van der Waals surface area (Å²) < 4.78 is 10.6. The highest BCUT2D eigenvalue weighted by Crippen LogP contribution is 2.24. The lowest BCUT2D eigenvalue weighted by atomic mass is 10.0. The molecule has 1 aromatic heterocycles. The van der Waals surface area contributed by atoms with Crippen molar-refractivity contribution in [3.05, 3.63) is 95.6 Å². The molecule has 2 heterocycles. The molecule has 35 heavy (non-hydrogen) atoms. The second-order valence-corrected chi connectivity index (χ2v) is 7.32. The normalized spacial score (nSPS) is 16.1. The molecule has 0 aliphatic carbocycles. The van der Waals surface area contributed by atoms with E-state index in [4.69, 9.17) is 26.4 Å². The molecule has 0 saturated carbocycles. The van der Waals surface area contributed by atoms with Crippen LogP contribution in [0.3, 0.4) is 0 Å². The quantitative estimate of drug-likeness (QED) is 0.246. The number of benzene rings is 2. The Bertz CT molecular complexity index is 1350. The number of nitrogens with zero attached hydrogens (tertiary/aromatic N) is 3. The standard InChI is InChI=1S/C25H23N7O3/c1-34-16-11-12-29-20(13-16)18(14-26)22(27)35-25(28)32-23-24(33)30-19-10-6-5-9-17(19)21(31-23)15-7-3-2-4-8-15/h2-14,23,26H,27H2,1H3,(H2,28,32)(H,30,33)/t23-/m1/s1. The zero-order chi connectivity index (χ0) is 24.8. The number of nitrogens with two attached hydrogens (primary N) is 2. The summed E-state index contributed by atoms with van der Waals surface area (Å²) in [6.07, 6.45) is 1.25. The molecule has 2 aromatic carbocycles. The van der Waals surface area contributed by atoms with Crippen molar-refractivity contribution in [2.75, 3.05) is 12.4 Å². The Morgan fingerprint density at radius 3 is 2.60 bits per heavy atom. The summed E-state index contributed by atoms with van der Waals surface area (Å²) in [5.41, 5.74) is 15.3. The molecule has 0 unspecified atom stereocenters. The Hall–Kier alpha value is -4.99. The van der Waals surface area contributed by atoms with Gasteiger partial charge in [-0.15, -0.1) is 0 Å². The van der Waals surface area contributed by atoms with E-state index < -0.39 is 18.1 Å². The Kier molecular flexibility index (Phi) is 6.82. The molecule has 0 fully saturated rings. The van der Waals surface area contributed by atoms with Crippen LogP contribution in [0.2, 0.25) is 0 Å². The number of allylic oxidation sites excluding steroid dienone is 1. The van der Waals surface area contributed by atoms with E-state index in [0.29, 0.717) is 22.8 Å². The molecule has 0 bridgehead atoms. The molecule has 0 radical (unpaired) electrons. The van der Waals surface area contributed by atoms with E-state index in [9.17, 15) is 4.79 Å². The molecule has 10 nitrogen and oxygen atoms in total. The van der Waals surface area contributed by atoms with Crippen LogP contribution < -0.4 is 21.5 Å². The van der Waals surface area contributed by atoms with E-state index in [0.717, 1.165) is 17.3 Å². The third-order valence-corrected chi connectivity index (χ3v) is 5.09. The van der Waals surface area contributed by atoms with E-state index in [1.807, 2.05) is 48.5 Å². The van der Waals surface area contributed by atoms with Gasteiger partial charge < -0.3 is 31.7 Å². The van der Waals surface area contributed by atoms with E-state index in [1.54, 1.807) is 18.2 Å². The topological polar surface area (TPSA) is 161 Å². The van der Waals surface area contributed by atoms with Crippen LogP contribution in [0, 0.1) is 5.41 Å². The molecule has 1 atom stereocenters. The van der Waals surface area contributed by atoms with Crippen molar-refractivity contribution in [1.82, 2.24) is 4.98 Å². The van der Waals surface area contributed by atoms with Crippen molar-refractivity contribution in [3.63, 3.8) is 0 Å². The first-order valence-corrected chi connectivity index (χ1v) is 10.6. The number of methoxy groups -OCH3 is 1. The van der Waals surface area contributed by atoms with Crippen LogP contribution >= 0.6 is 0 Å². The number of benzodiazepines with no additional fused rings is 1. The van der Waals surface area contributed by atoms with Gasteiger partial charge in [-0.2, -0.15) is 4.99 Å². The molecule has 1 aliphatic heterocycles. The number of amidine groups is 1. The van der Waals surface area contributed by atoms with Crippen LogP contribution in [-0.4, -0.2) is 42.1 Å². The van der Waals surface area contributed by atoms with Crippen LogP contribution in [0.4, 0.5) is 5.69 Å². The number of rotatable bonds is 6. The average Bonchev–Trinajstić information content (AvgIpc) is 3.01. The number of hydrogen-bond donors (Lipinski definition) is 4. The van der Waals surface area contributed by atoms with Gasteiger partial charge in [0.2, 0.25) is 12.0 Å². The molecule has 0 saturated heterocycles. The maximum absolute atomic E-state index is 12.9. The lowest BCUT2D eigenvalue weighted by Crippen LogP contribution is -2.29. The lowest BCUT2D eigenvalue weighted by Gasteiger charge is -2.11. The first-order valence-electron chi connectivity index (χ1n) is 10.6. The van der Waals surface area contributed by atoms with Crippen molar-refractivity contribution in [2.45, 2.75) is 6.17 Å². The van der Waals surface area contributed by atoms with Crippen molar-refractivity contribution >= 4 is 35.1 Å². The molecular weight excluding hydrogens is 446 g/mol. The largest absolute Gasteiger partial charge is 0.497 e. The highest BCUT2D eigenvalue weighted by molar-refractivity contribution is 6.19. The van der Waals surface area contributed by atoms with Crippen LogP contribution in [0.1, 0.15) is 16.8 Å². The minimum absolute atomic E-state index is 0.160. The molecule has 1 aliphatic rings. The molecule has 10 heteroatoms. The van der Waals surface area contributed by atoms with Crippen LogP contribution in [0.5, 0.6) is 5.75 Å². The summed E-state index contributed by atoms with van der Waals surface area (Å²) in [4.78, 5) is 25.8. The van der Waals surface area contributed by atoms with Gasteiger partial charge in [0.1, 0.15) is 5.75 Å². The Morgan fingerprint density at radius 1 is 1.11 bits per heavy atom. The van der Waals surface area contributed by atoms with Gasteiger partial charge in [0.05, 0.1) is 29.8 Å². The van der Waals surface area contributed by atoms with E-state index >= 15 is 0 Å². The fourth-order valence-electron chi connectivity index (χ4n) is 3.43. The summed E-state index contributed by atoms with van der Waals surface area (Å²) in [7, 11) is 1.51. The van der Waals surface area contributed by atoms with E-state index in [1.165, 1.54) is 13.3 Å². The van der Waals surface area contributed by atoms with Crippen LogP contribution in [0.25, 0.3) is 5.57 Å². The van der Waals surface area contributed by atoms with Gasteiger partial charge in [-0.25, -0.2) is 4.99 Å². The monoisotopic (exact) mass is 469 g/mol. The zero-order valence-corrected chi connectivity index (χ0v) is 18.8. The zero-order valence-electron chi connectivity index (χ0n) is 18.8. The van der Waals surface area contributed by atoms with Gasteiger partial charge in [0.25, 0.3) is 11.9 Å². The Morgan fingerprint density at radius 2 is 1.86 bits per heavy atom. The SMILES string of the molecule is COc1ccnc(C(C=N)=C(N)OC(N)=N[C@H]2N=C(c3ccccc3)c3ccccc3NC2=O)c1. The minimum Gasteiger partial charge on any atom is -0.497 e. The Labute approximate surface area is 201 Å². The number of carbonyl (C=O) groups excluding carboxylic acids is 1. The summed E-state index contributed by atoms with van der Waals surface area (Å²) in [6.45, 7) is 0. The second-order valence-electron chi connectivity index (χ2n) is 7.32. The van der Waals surface area contributed by atoms with Gasteiger partial charge in [0, 0.05) is 29.6 Å². The molecule has 3 aromatic rings. The van der Waals surface area contributed by atoms with Gasteiger partial charge in [-0.05, 0) is 12.1 Å². The van der Waals surface area contributed by atoms with E-state index in [2.05, 4.69) is 20.3 Å². The van der Waals surface area contributed by atoms with Crippen molar-refractivity contribution in [1.29, 1.82) is 5.41 Å². The number of nitrogens with one attached hydrogen (secondary N) is 2. The number of aliphatic imine (C=N–C) groups is 2. The maximum atomic E-state index is 12.9. The molecule has 0 spiro atoms.